The number of pyridine rings is 1. The maximum absolute atomic E-state index is 12.6. The van der Waals surface area contributed by atoms with Crippen LogP contribution in [0.5, 0.6) is 5.75 Å². The van der Waals surface area contributed by atoms with Crippen LogP contribution in [0, 0.1) is 5.41 Å². The van der Waals surface area contributed by atoms with E-state index in [1.165, 1.54) is 17.2 Å². The molecule has 3 amide bonds. The molecule has 10 nitrogen and oxygen atoms in total. The molecule has 1 aromatic carbocycles. The molecule has 0 saturated carbocycles. The number of rotatable bonds is 6. The van der Waals surface area contributed by atoms with Crippen LogP contribution >= 0.6 is 0 Å². The molecule has 2 aromatic rings. The Morgan fingerprint density at radius 3 is 2.17 bits per heavy atom. The SMILES string of the molecule is CC1(C)CC(=O)N(CCc2ccc(OC(=O)N3CCN(c4ccc(C(=O)O)cn4)CC3)cc2)C(=O)C1. The van der Waals surface area contributed by atoms with Gasteiger partial charge in [0.1, 0.15) is 11.6 Å². The molecule has 1 aromatic heterocycles. The zero-order valence-corrected chi connectivity index (χ0v) is 20.5. The van der Waals surface area contributed by atoms with Crippen LogP contribution in [0.1, 0.15) is 42.6 Å². The fourth-order valence-corrected chi connectivity index (χ4v) is 4.41. The Labute approximate surface area is 209 Å². The van der Waals surface area contributed by atoms with Crippen molar-refractivity contribution in [2.75, 3.05) is 37.6 Å². The highest BCUT2D eigenvalue weighted by Crippen LogP contribution is 2.31. The number of aromatic nitrogens is 1. The smallest absolute Gasteiger partial charge is 0.415 e. The number of anilines is 1. The second-order valence-corrected chi connectivity index (χ2v) is 9.90. The monoisotopic (exact) mass is 494 g/mol. The van der Waals surface area contributed by atoms with Crippen molar-refractivity contribution in [3.63, 3.8) is 0 Å². The molecule has 4 rings (SSSR count). The third kappa shape index (κ3) is 5.99. The number of carbonyl (C=O) groups is 4. The zero-order valence-electron chi connectivity index (χ0n) is 20.5. The highest BCUT2D eigenvalue weighted by molar-refractivity contribution is 5.98. The van der Waals surface area contributed by atoms with E-state index in [-0.39, 0.29) is 22.8 Å². The van der Waals surface area contributed by atoms with Gasteiger partial charge in [-0.2, -0.15) is 0 Å². The van der Waals surface area contributed by atoms with Gasteiger partial charge in [0, 0.05) is 51.8 Å². The minimum Gasteiger partial charge on any atom is -0.478 e. The largest absolute Gasteiger partial charge is 0.478 e. The maximum atomic E-state index is 12.6. The fourth-order valence-electron chi connectivity index (χ4n) is 4.41. The summed E-state index contributed by atoms with van der Waals surface area (Å²) in [5.41, 5.74) is 0.785. The van der Waals surface area contributed by atoms with E-state index in [4.69, 9.17) is 9.84 Å². The van der Waals surface area contributed by atoms with Gasteiger partial charge in [-0.3, -0.25) is 14.5 Å². The van der Waals surface area contributed by atoms with Crippen LogP contribution in [-0.2, 0) is 16.0 Å². The van der Waals surface area contributed by atoms with Gasteiger partial charge < -0.3 is 19.6 Å². The van der Waals surface area contributed by atoms with Crippen molar-refractivity contribution in [2.45, 2.75) is 33.1 Å². The molecule has 0 atom stereocenters. The van der Waals surface area contributed by atoms with Gasteiger partial charge >= 0.3 is 12.1 Å². The molecule has 2 fully saturated rings. The van der Waals surface area contributed by atoms with Gasteiger partial charge in [0.15, 0.2) is 0 Å². The van der Waals surface area contributed by atoms with E-state index in [0.29, 0.717) is 63.6 Å². The van der Waals surface area contributed by atoms with Crippen molar-refractivity contribution in [1.29, 1.82) is 0 Å². The number of hydrogen-bond donors (Lipinski definition) is 1. The first-order valence-corrected chi connectivity index (χ1v) is 11.9. The van der Waals surface area contributed by atoms with Gasteiger partial charge in [-0.05, 0) is 41.7 Å². The maximum Gasteiger partial charge on any atom is 0.415 e. The summed E-state index contributed by atoms with van der Waals surface area (Å²) in [6, 6.07) is 10.3. The molecule has 0 radical (unpaired) electrons. The Balaban J connectivity index is 1.24. The predicted molar refractivity (Wildman–Crippen MR) is 131 cm³/mol. The summed E-state index contributed by atoms with van der Waals surface area (Å²) in [5.74, 6) is -0.194. The molecule has 190 valence electrons. The lowest BCUT2D eigenvalue weighted by molar-refractivity contribution is -0.152. The molecule has 1 N–H and O–H groups in total. The van der Waals surface area contributed by atoms with E-state index in [1.807, 2.05) is 30.9 Å². The number of benzene rings is 1. The van der Waals surface area contributed by atoms with Crippen molar-refractivity contribution in [3.05, 3.63) is 53.7 Å². The number of carbonyl (C=O) groups excluding carboxylic acids is 3. The van der Waals surface area contributed by atoms with Crippen LogP contribution < -0.4 is 9.64 Å². The molecular formula is C26H30N4O6. The topological polar surface area (TPSA) is 120 Å². The first kappa shape index (κ1) is 25.2. The van der Waals surface area contributed by atoms with E-state index in [1.54, 1.807) is 23.1 Å². The molecule has 0 aliphatic carbocycles. The first-order valence-electron chi connectivity index (χ1n) is 11.9. The molecule has 2 saturated heterocycles. The van der Waals surface area contributed by atoms with Crippen molar-refractivity contribution < 1.29 is 29.0 Å². The van der Waals surface area contributed by atoms with E-state index in [2.05, 4.69) is 4.98 Å². The first-order chi connectivity index (χ1) is 17.1. The summed E-state index contributed by atoms with van der Waals surface area (Å²) >= 11 is 0. The van der Waals surface area contributed by atoms with Crippen molar-refractivity contribution in [3.8, 4) is 5.75 Å². The minimum atomic E-state index is -1.02. The number of aromatic carboxylic acids is 1. The highest BCUT2D eigenvalue weighted by Gasteiger charge is 2.37. The Morgan fingerprint density at radius 2 is 1.61 bits per heavy atom. The number of hydrogen-bond acceptors (Lipinski definition) is 7. The number of carboxylic acids is 1. The number of carboxylic acid groups (broad SMARTS) is 1. The Hall–Kier alpha value is -3.95. The van der Waals surface area contributed by atoms with Crippen LogP contribution in [0.4, 0.5) is 10.6 Å². The van der Waals surface area contributed by atoms with Gasteiger partial charge in [0.2, 0.25) is 11.8 Å². The van der Waals surface area contributed by atoms with Gasteiger partial charge in [-0.15, -0.1) is 0 Å². The average molecular weight is 495 g/mol. The molecule has 3 heterocycles. The van der Waals surface area contributed by atoms with E-state index in [0.717, 1.165) is 5.56 Å². The number of imide groups is 1. The lowest BCUT2D eigenvalue weighted by Crippen LogP contribution is -2.49. The second-order valence-electron chi connectivity index (χ2n) is 9.90. The van der Waals surface area contributed by atoms with Crippen molar-refractivity contribution >= 4 is 29.7 Å². The van der Waals surface area contributed by atoms with E-state index in [9.17, 15) is 19.2 Å². The Morgan fingerprint density at radius 1 is 0.972 bits per heavy atom. The molecule has 36 heavy (non-hydrogen) atoms. The van der Waals surface area contributed by atoms with E-state index < -0.39 is 12.1 Å². The standard InChI is InChI=1S/C26H30N4O6/c1-26(2)15-22(31)30(23(32)16-26)10-9-18-3-6-20(7-4-18)36-25(35)29-13-11-28(12-14-29)21-8-5-19(17-27-21)24(33)34/h3-8,17H,9-16H2,1-2H3,(H,33,34). The molecule has 0 bridgehead atoms. The zero-order chi connectivity index (χ0) is 25.9. The minimum absolute atomic E-state index is 0.129. The highest BCUT2D eigenvalue weighted by atomic mass is 16.6. The van der Waals surface area contributed by atoms with E-state index >= 15 is 0 Å². The predicted octanol–water partition coefficient (Wildman–Crippen LogP) is 2.82. The number of ether oxygens (including phenoxy) is 1. The third-order valence-corrected chi connectivity index (χ3v) is 6.47. The summed E-state index contributed by atoms with van der Waals surface area (Å²) in [6.07, 6.45) is 2.16. The van der Waals surface area contributed by atoms with Gasteiger partial charge in [-0.1, -0.05) is 26.0 Å². The summed E-state index contributed by atoms with van der Waals surface area (Å²) in [4.78, 5) is 57.4. The van der Waals surface area contributed by atoms with Crippen LogP contribution in [0.15, 0.2) is 42.6 Å². The third-order valence-electron chi connectivity index (χ3n) is 6.47. The molecule has 2 aliphatic heterocycles. The number of likely N-dealkylation sites (tertiary alicyclic amines) is 1. The lowest BCUT2D eigenvalue weighted by Gasteiger charge is -2.34. The van der Waals surface area contributed by atoms with Gasteiger partial charge in [0.05, 0.1) is 5.56 Å². The molecule has 10 heteroatoms. The molecular weight excluding hydrogens is 464 g/mol. The second kappa shape index (κ2) is 10.3. The number of amides is 3. The van der Waals surface area contributed by atoms with Crippen LogP contribution in [-0.4, -0.2) is 76.5 Å². The summed E-state index contributed by atoms with van der Waals surface area (Å²) in [5, 5.41) is 9.00. The summed E-state index contributed by atoms with van der Waals surface area (Å²) < 4.78 is 5.51. The number of piperazine rings is 1. The average Bonchev–Trinajstić information content (AvgIpc) is 2.84. The van der Waals surface area contributed by atoms with Crippen LogP contribution in [0.25, 0.3) is 0 Å². The normalized spacial score (nSPS) is 17.8. The summed E-state index contributed by atoms with van der Waals surface area (Å²) in [6.45, 7) is 6.21. The Kier molecular flexibility index (Phi) is 7.23. The van der Waals surface area contributed by atoms with Crippen LogP contribution in [0.3, 0.4) is 0 Å². The van der Waals surface area contributed by atoms with Crippen molar-refractivity contribution in [2.24, 2.45) is 5.41 Å². The molecule has 0 spiro atoms. The quantitative estimate of drug-likeness (QED) is 0.609. The van der Waals surface area contributed by atoms with Crippen LogP contribution in [0.2, 0.25) is 0 Å². The van der Waals surface area contributed by atoms with Gasteiger partial charge in [0.25, 0.3) is 0 Å². The summed E-state index contributed by atoms with van der Waals surface area (Å²) in [7, 11) is 0. The molecule has 2 aliphatic rings. The Bertz CT molecular complexity index is 1120. The lowest BCUT2D eigenvalue weighted by atomic mass is 9.81. The fraction of sp³-hybridized carbons (Fsp3) is 0.423. The van der Waals surface area contributed by atoms with Crippen molar-refractivity contribution in [1.82, 2.24) is 14.8 Å². The number of piperidine rings is 1. The van der Waals surface area contributed by atoms with Gasteiger partial charge in [-0.25, -0.2) is 14.6 Å². The molecule has 0 unspecified atom stereocenters. The number of nitrogens with zero attached hydrogens (tertiary/aromatic N) is 4.